The van der Waals surface area contributed by atoms with Gasteiger partial charge < -0.3 is 15.0 Å². The molecule has 1 atom stereocenters. The highest BCUT2D eigenvalue weighted by Gasteiger charge is 2.29. The second-order valence-corrected chi connectivity index (χ2v) is 7.96. The Bertz CT molecular complexity index is 596. The van der Waals surface area contributed by atoms with E-state index in [0.29, 0.717) is 31.9 Å². The highest BCUT2D eigenvalue weighted by molar-refractivity contribution is 5.97. The summed E-state index contributed by atoms with van der Waals surface area (Å²) >= 11 is 0. The van der Waals surface area contributed by atoms with Crippen molar-refractivity contribution < 1.29 is 14.3 Å². The first-order valence-electron chi connectivity index (χ1n) is 8.98. The minimum Gasteiger partial charge on any atom is -0.378 e. The average molecular weight is 346 g/mol. The van der Waals surface area contributed by atoms with Gasteiger partial charge in [0.1, 0.15) is 6.04 Å². The zero-order valence-corrected chi connectivity index (χ0v) is 16.0. The van der Waals surface area contributed by atoms with Gasteiger partial charge in [-0.1, -0.05) is 46.8 Å². The summed E-state index contributed by atoms with van der Waals surface area (Å²) in [7, 11) is 0. The van der Waals surface area contributed by atoms with Crippen LogP contribution in [0.15, 0.2) is 24.3 Å². The van der Waals surface area contributed by atoms with E-state index in [2.05, 4.69) is 26.1 Å². The molecule has 1 aromatic carbocycles. The third kappa shape index (κ3) is 5.05. The first-order chi connectivity index (χ1) is 11.7. The lowest BCUT2D eigenvalue weighted by atomic mass is 9.86. The van der Waals surface area contributed by atoms with Crippen molar-refractivity contribution in [1.82, 2.24) is 10.2 Å². The molecule has 1 N–H and O–H groups in total. The first-order valence-corrected chi connectivity index (χ1v) is 8.98. The predicted molar refractivity (Wildman–Crippen MR) is 98.6 cm³/mol. The van der Waals surface area contributed by atoms with Crippen LogP contribution in [0.1, 0.15) is 50.5 Å². The number of hydrogen-bond acceptors (Lipinski definition) is 3. The van der Waals surface area contributed by atoms with Crippen LogP contribution in [0, 0.1) is 5.92 Å². The molecule has 25 heavy (non-hydrogen) atoms. The topological polar surface area (TPSA) is 58.6 Å². The normalized spacial score (nSPS) is 16.6. The molecule has 5 heteroatoms. The van der Waals surface area contributed by atoms with E-state index < -0.39 is 6.04 Å². The second-order valence-electron chi connectivity index (χ2n) is 7.96. The van der Waals surface area contributed by atoms with Crippen LogP contribution in [0.4, 0.5) is 0 Å². The van der Waals surface area contributed by atoms with Crippen LogP contribution < -0.4 is 5.32 Å². The highest BCUT2D eigenvalue weighted by atomic mass is 16.5. The summed E-state index contributed by atoms with van der Waals surface area (Å²) in [6.07, 6.45) is 0. The van der Waals surface area contributed by atoms with Crippen LogP contribution in [-0.4, -0.2) is 49.1 Å². The first kappa shape index (κ1) is 19.4. The average Bonchev–Trinajstić information content (AvgIpc) is 2.58. The van der Waals surface area contributed by atoms with E-state index in [9.17, 15) is 9.59 Å². The zero-order valence-electron chi connectivity index (χ0n) is 16.0. The van der Waals surface area contributed by atoms with Crippen LogP contribution in [0.25, 0.3) is 0 Å². The standard InChI is InChI=1S/C20H30N2O3/c1-14(2)17(19(24)22-10-12-25-13-11-22)21-18(23)15-6-8-16(9-7-15)20(3,4)5/h6-9,14,17H,10-13H2,1-5H3,(H,21,23). The second kappa shape index (κ2) is 8.00. The smallest absolute Gasteiger partial charge is 0.251 e. The number of benzene rings is 1. The SMILES string of the molecule is CC(C)C(NC(=O)c1ccc(C(C)(C)C)cc1)C(=O)N1CCOCC1. The lowest BCUT2D eigenvalue weighted by Gasteiger charge is -2.32. The van der Waals surface area contributed by atoms with E-state index in [-0.39, 0.29) is 23.1 Å². The van der Waals surface area contributed by atoms with Gasteiger partial charge in [-0.05, 0) is 29.0 Å². The number of carbonyl (C=O) groups excluding carboxylic acids is 2. The molecule has 1 aromatic rings. The van der Waals surface area contributed by atoms with Gasteiger partial charge in [-0.2, -0.15) is 0 Å². The summed E-state index contributed by atoms with van der Waals surface area (Å²) in [4.78, 5) is 27.1. The zero-order chi connectivity index (χ0) is 18.6. The number of hydrogen-bond donors (Lipinski definition) is 1. The Morgan fingerprint density at radius 1 is 1.08 bits per heavy atom. The maximum atomic E-state index is 12.7. The monoisotopic (exact) mass is 346 g/mol. The van der Waals surface area contributed by atoms with Crippen LogP contribution in [0.5, 0.6) is 0 Å². The summed E-state index contributed by atoms with van der Waals surface area (Å²) in [5.74, 6) is -0.216. The predicted octanol–water partition coefficient (Wildman–Crippen LogP) is 2.60. The maximum Gasteiger partial charge on any atom is 0.251 e. The minimum absolute atomic E-state index is 0.0214. The fourth-order valence-corrected chi connectivity index (χ4v) is 2.84. The van der Waals surface area contributed by atoms with Gasteiger partial charge in [-0.25, -0.2) is 0 Å². The van der Waals surface area contributed by atoms with Gasteiger partial charge in [0.15, 0.2) is 0 Å². The number of nitrogens with one attached hydrogen (secondary N) is 1. The van der Waals surface area contributed by atoms with Crippen LogP contribution >= 0.6 is 0 Å². The van der Waals surface area contributed by atoms with Gasteiger partial charge in [0.05, 0.1) is 13.2 Å². The Kier molecular flexibility index (Phi) is 6.22. The number of carbonyl (C=O) groups is 2. The van der Waals surface area contributed by atoms with Gasteiger partial charge in [0, 0.05) is 18.7 Å². The van der Waals surface area contributed by atoms with Gasteiger partial charge in [-0.3, -0.25) is 9.59 Å². The van der Waals surface area contributed by atoms with Crippen molar-refractivity contribution in [3.8, 4) is 0 Å². The van der Waals surface area contributed by atoms with E-state index in [1.165, 1.54) is 5.56 Å². The molecule has 1 heterocycles. The van der Waals surface area contributed by atoms with Gasteiger partial charge in [0.2, 0.25) is 5.91 Å². The van der Waals surface area contributed by atoms with Crippen molar-refractivity contribution in [1.29, 1.82) is 0 Å². The summed E-state index contributed by atoms with van der Waals surface area (Å²) in [6, 6.07) is 7.08. The number of morpholine rings is 1. The summed E-state index contributed by atoms with van der Waals surface area (Å²) in [5.41, 5.74) is 1.80. The van der Waals surface area contributed by atoms with E-state index in [4.69, 9.17) is 4.74 Å². The summed E-state index contributed by atoms with van der Waals surface area (Å²) < 4.78 is 5.30. The summed E-state index contributed by atoms with van der Waals surface area (Å²) in [6.45, 7) is 12.6. The van der Waals surface area contributed by atoms with Crippen LogP contribution in [-0.2, 0) is 14.9 Å². The molecule has 138 valence electrons. The Hall–Kier alpha value is -1.88. The summed E-state index contributed by atoms with van der Waals surface area (Å²) in [5, 5.41) is 2.92. The van der Waals surface area contributed by atoms with Crippen molar-refractivity contribution in [3.05, 3.63) is 35.4 Å². The van der Waals surface area contributed by atoms with Gasteiger partial charge in [0.25, 0.3) is 5.91 Å². The third-order valence-electron chi connectivity index (χ3n) is 4.56. The van der Waals surface area contributed by atoms with Gasteiger partial charge in [-0.15, -0.1) is 0 Å². The Balaban J connectivity index is 2.08. The molecule has 1 unspecified atom stereocenters. The van der Waals surface area contributed by atoms with E-state index in [1.54, 1.807) is 4.90 Å². The Morgan fingerprint density at radius 2 is 1.64 bits per heavy atom. The largest absolute Gasteiger partial charge is 0.378 e. The quantitative estimate of drug-likeness (QED) is 0.912. The lowest BCUT2D eigenvalue weighted by Crippen LogP contribution is -2.53. The number of rotatable bonds is 4. The van der Waals surface area contributed by atoms with Gasteiger partial charge >= 0.3 is 0 Å². The van der Waals surface area contributed by atoms with Crippen LogP contribution in [0.2, 0.25) is 0 Å². The molecule has 0 spiro atoms. The molecule has 1 saturated heterocycles. The highest BCUT2D eigenvalue weighted by Crippen LogP contribution is 2.22. The van der Waals surface area contributed by atoms with Crippen LogP contribution in [0.3, 0.4) is 0 Å². The fraction of sp³-hybridized carbons (Fsp3) is 0.600. The number of nitrogens with zero attached hydrogens (tertiary/aromatic N) is 1. The minimum atomic E-state index is -0.520. The molecule has 2 amide bonds. The molecule has 0 radical (unpaired) electrons. The molecule has 1 aliphatic rings. The van der Waals surface area contributed by atoms with Crippen molar-refractivity contribution in [2.24, 2.45) is 5.92 Å². The molecular weight excluding hydrogens is 316 g/mol. The van der Waals surface area contributed by atoms with Crippen molar-refractivity contribution in [2.75, 3.05) is 26.3 Å². The molecule has 0 bridgehead atoms. The molecule has 0 aromatic heterocycles. The molecule has 0 aliphatic carbocycles. The maximum absolute atomic E-state index is 12.7. The number of ether oxygens (including phenoxy) is 1. The fourth-order valence-electron chi connectivity index (χ4n) is 2.84. The van der Waals surface area contributed by atoms with Crippen molar-refractivity contribution in [2.45, 2.75) is 46.1 Å². The number of amides is 2. The molecular formula is C20H30N2O3. The molecule has 5 nitrogen and oxygen atoms in total. The molecule has 1 aliphatic heterocycles. The van der Waals surface area contributed by atoms with Crippen molar-refractivity contribution in [3.63, 3.8) is 0 Å². The van der Waals surface area contributed by atoms with Crippen molar-refractivity contribution >= 4 is 11.8 Å². The van der Waals surface area contributed by atoms with E-state index in [1.807, 2.05) is 38.1 Å². The third-order valence-corrected chi connectivity index (χ3v) is 4.56. The van der Waals surface area contributed by atoms with E-state index in [0.717, 1.165) is 0 Å². The Labute approximate surface area is 150 Å². The lowest BCUT2D eigenvalue weighted by molar-refractivity contribution is -0.138. The Morgan fingerprint density at radius 3 is 2.12 bits per heavy atom. The molecule has 0 saturated carbocycles. The van der Waals surface area contributed by atoms with E-state index >= 15 is 0 Å². The molecule has 1 fully saturated rings. The molecule has 2 rings (SSSR count).